The van der Waals surface area contributed by atoms with Crippen molar-refractivity contribution in [2.75, 3.05) is 31.1 Å². The molecule has 0 radical (unpaired) electrons. The first-order valence-corrected chi connectivity index (χ1v) is 11.0. The summed E-state index contributed by atoms with van der Waals surface area (Å²) in [6, 6.07) is 2.58. The summed E-state index contributed by atoms with van der Waals surface area (Å²) in [6.45, 7) is 5.33. The van der Waals surface area contributed by atoms with E-state index < -0.39 is 42.7 Å². The summed E-state index contributed by atoms with van der Waals surface area (Å²) in [4.78, 5) is 38.9. The van der Waals surface area contributed by atoms with E-state index in [-0.39, 0.29) is 19.0 Å². The lowest BCUT2D eigenvalue weighted by Crippen LogP contribution is -2.42. The van der Waals surface area contributed by atoms with E-state index in [1.807, 2.05) is 0 Å². The summed E-state index contributed by atoms with van der Waals surface area (Å²) in [5, 5.41) is 21.2. The van der Waals surface area contributed by atoms with Crippen LogP contribution in [0.3, 0.4) is 0 Å². The number of rotatable bonds is 7. The quantitative estimate of drug-likeness (QED) is 0.562. The molecule has 2 heterocycles. The van der Waals surface area contributed by atoms with Gasteiger partial charge in [-0.25, -0.2) is 9.18 Å². The van der Waals surface area contributed by atoms with Crippen molar-refractivity contribution < 1.29 is 33.7 Å². The van der Waals surface area contributed by atoms with Crippen molar-refractivity contribution in [1.29, 1.82) is 0 Å². The fraction of sp³-hybridized carbons (Fsp3) is 0.522. The van der Waals surface area contributed by atoms with E-state index in [0.29, 0.717) is 36.2 Å². The van der Waals surface area contributed by atoms with E-state index in [1.54, 1.807) is 32.9 Å². The van der Waals surface area contributed by atoms with Crippen molar-refractivity contribution in [1.82, 2.24) is 10.2 Å². The van der Waals surface area contributed by atoms with Crippen LogP contribution in [0.2, 0.25) is 0 Å². The zero-order valence-corrected chi connectivity index (χ0v) is 19.0. The molecule has 9 nitrogen and oxygen atoms in total. The van der Waals surface area contributed by atoms with Crippen LogP contribution in [-0.2, 0) is 14.3 Å². The van der Waals surface area contributed by atoms with Crippen LogP contribution in [-0.4, -0.2) is 77.5 Å². The molecule has 33 heavy (non-hydrogen) atoms. The number of ether oxygens (including phenoxy) is 1. The number of hydrogen-bond donors (Lipinski definition) is 3. The maximum absolute atomic E-state index is 15.1. The Morgan fingerprint density at radius 2 is 2.09 bits per heavy atom. The van der Waals surface area contributed by atoms with Crippen molar-refractivity contribution >= 4 is 29.2 Å². The summed E-state index contributed by atoms with van der Waals surface area (Å²) in [5.41, 5.74) is 2.20. The fourth-order valence-corrected chi connectivity index (χ4v) is 4.07. The Balaban J connectivity index is 1.77. The number of nitrogens with one attached hydrogen (secondary N) is 1. The standard InChI is InChI=1S/C23H30FN3O6/c1-4-21(30)25-11-20-14(3)27(23(32)33-20)18-10-17(24)16(9-13(18)2)15-5-7-26(8-6-15)22(31)19(29)12-28/h5,9-10,14,19-20,28-29H,4,6-8,11-12H2,1-3H3,(H,25,30)/t14-,19?,20-/m0/s1. The van der Waals surface area contributed by atoms with Gasteiger partial charge in [0.05, 0.1) is 24.9 Å². The Kier molecular flexibility index (Phi) is 7.70. The Labute approximate surface area is 191 Å². The van der Waals surface area contributed by atoms with E-state index in [9.17, 15) is 19.5 Å². The van der Waals surface area contributed by atoms with Gasteiger partial charge >= 0.3 is 6.09 Å². The van der Waals surface area contributed by atoms with Crippen LogP contribution >= 0.6 is 0 Å². The average molecular weight is 464 g/mol. The first-order chi connectivity index (χ1) is 15.7. The van der Waals surface area contributed by atoms with Crippen molar-refractivity contribution in [3.05, 3.63) is 35.2 Å². The first-order valence-electron chi connectivity index (χ1n) is 11.0. The van der Waals surface area contributed by atoms with Crippen molar-refractivity contribution in [3.8, 4) is 0 Å². The Bertz CT molecular complexity index is 966. The molecule has 0 aliphatic carbocycles. The minimum Gasteiger partial charge on any atom is -0.442 e. The molecule has 2 aliphatic heterocycles. The molecule has 0 bridgehead atoms. The van der Waals surface area contributed by atoms with Crippen molar-refractivity contribution in [2.45, 2.75) is 51.9 Å². The molecule has 1 unspecified atom stereocenters. The third-order valence-corrected chi connectivity index (χ3v) is 6.09. The van der Waals surface area contributed by atoms with Crippen LogP contribution in [0.4, 0.5) is 14.9 Å². The zero-order valence-electron chi connectivity index (χ0n) is 19.0. The number of cyclic esters (lactones) is 1. The highest BCUT2D eigenvalue weighted by Crippen LogP contribution is 2.34. The summed E-state index contributed by atoms with van der Waals surface area (Å²) in [5.74, 6) is -1.21. The number of aliphatic hydroxyl groups is 2. The second kappa shape index (κ2) is 10.3. The minimum atomic E-state index is -1.46. The van der Waals surface area contributed by atoms with E-state index in [1.165, 1.54) is 15.9 Å². The number of hydrogen-bond acceptors (Lipinski definition) is 6. The van der Waals surface area contributed by atoms with Crippen molar-refractivity contribution in [2.24, 2.45) is 0 Å². The summed E-state index contributed by atoms with van der Waals surface area (Å²) < 4.78 is 20.5. The normalized spacial score (nSPS) is 21.5. The van der Waals surface area contributed by atoms with E-state index in [4.69, 9.17) is 9.84 Å². The first kappa shape index (κ1) is 24.7. The summed E-state index contributed by atoms with van der Waals surface area (Å²) in [7, 11) is 0. The average Bonchev–Trinajstić information content (AvgIpc) is 3.10. The largest absolute Gasteiger partial charge is 0.442 e. The molecule has 2 aliphatic rings. The summed E-state index contributed by atoms with van der Waals surface area (Å²) in [6.07, 6.45) is -0.159. The highest BCUT2D eigenvalue weighted by Gasteiger charge is 2.40. The number of anilines is 1. The molecule has 10 heteroatoms. The molecule has 1 saturated heterocycles. The highest BCUT2D eigenvalue weighted by atomic mass is 19.1. The van der Waals surface area contributed by atoms with Gasteiger partial charge in [-0.1, -0.05) is 13.0 Å². The molecule has 0 aromatic heterocycles. The number of carbonyl (C=O) groups is 3. The monoisotopic (exact) mass is 463 g/mol. The molecule has 3 amide bonds. The van der Waals surface area contributed by atoms with E-state index >= 15 is 4.39 Å². The Morgan fingerprint density at radius 3 is 2.70 bits per heavy atom. The maximum Gasteiger partial charge on any atom is 0.415 e. The predicted molar refractivity (Wildman–Crippen MR) is 119 cm³/mol. The minimum absolute atomic E-state index is 0.143. The lowest BCUT2D eigenvalue weighted by molar-refractivity contribution is -0.141. The van der Waals surface area contributed by atoms with Gasteiger partial charge in [0.1, 0.15) is 11.9 Å². The van der Waals surface area contributed by atoms with Crippen LogP contribution in [0.5, 0.6) is 0 Å². The SMILES string of the molecule is CCC(=O)NC[C@@H]1OC(=O)N(c2cc(F)c(C3=CCN(C(=O)C(O)CO)CC3)cc2C)[C@H]1C. The summed E-state index contributed by atoms with van der Waals surface area (Å²) >= 11 is 0. The second-order valence-corrected chi connectivity index (χ2v) is 8.27. The molecular weight excluding hydrogens is 433 g/mol. The molecule has 0 spiro atoms. The number of benzene rings is 1. The molecular formula is C23H30FN3O6. The Morgan fingerprint density at radius 1 is 1.36 bits per heavy atom. The molecule has 1 aromatic carbocycles. The van der Waals surface area contributed by atoms with Gasteiger partial charge in [0.2, 0.25) is 5.91 Å². The van der Waals surface area contributed by atoms with Gasteiger partial charge in [0.25, 0.3) is 5.91 Å². The molecule has 3 atom stereocenters. The van der Waals surface area contributed by atoms with Gasteiger partial charge in [-0.15, -0.1) is 0 Å². The molecule has 1 aromatic rings. The smallest absolute Gasteiger partial charge is 0.415 e. The van der Waals surface area contributed by atoms with Gasteiger partial charge in [0.15, 0.2) is 6.10 Å². The van der Waals surface area contributed by atoms with Crippen molar-refractivity contribution in [3.63, 3.8) is 0 Å². The van der Waals surface area contributed by atoms with Crippen LogP contribution in [0.25, 0.3) is 5.57 Å². The lowest BCUT2D eigenvalue weighted by Gasteiger charge is -2.29. The Hall–Kier alpha value is -2.98. The number of nitrogens with zero attached hydrogens (tertiary/aromatic N) is 2. The van der Waals surface area contributed by atoms with E-state index in [2.05, 4.69) is 5.32 Å². The lowest BCUT2D eigenvalue weighted by atomic mass is 9.96. The van der Waals surface area contributed by atoms with Gasteiger partial charge in [-0.2, -0.15) is 0 Å². The van der Waals surface area contributed by atoms with Crippen LogP contribution in [0.15, 0.2) is 18.2 Å². The third-order valence-electron chi connectivity index (χ3n) is 6.09. The predicted octanol–water partition coefficient (Wildman–Crippen LogP) is 1.34. The number of halogens is 1. The van der Waals surface area contributed by atoms with Crippen LogP contribution < -0.4 is 10.2 Å². The number of carbonyl (C=O) groups excluding carboxylic acids is 3. The van der Waals surface area contributed by atoms with Crippen LogP contribution in [0.1, 0.15) is 37.8 Å². The van der Waals surface area contributed by atoms with Crippen LogP contribution in [0, 0.1) is 12.7 Å². The molecule has 0 saturated carbocycles. The van der Waals surface area contributed by atoms with Gasteiger partial charge in [-0.05, 0) is 43.5 Å². The highest BCUT2D eigenvalue weighted by molar-refractivity contribution is 5.92. The fourth-order valence-electron chi connectivity index (χ4n) is 4.07. The third kappa shape index (κ3) is 5.17. The second-order valence-electron chi connectivity index (χ2n) is 8.27. The maximum atomic E-state index is 15.1. The molecule has 3 rings (SSSR count). The van der Waals surface area contributed by atoms with Gasteiger partial charge in [-0.3, -0.25) is 14.5 Å². The van der Waals surface area contributed by atoms with Gasteiger partial charge < -0.3 is 25.2 Å². The zero-order chi connectivity index (χ0) is 24.3. The van der Waals surface area contributed by atoms with E-state index in [0.717, 1.165) is 5.57 Å². The number of aliphatic hydroxyl groups excluding tert-OH is 2. The molecule has 180 valence electrons. The number of amides is 3. The molecule has 1 fully saturated rings. The van der Waals surface area contributed by atoms with Gasteiger partial charge in [0, 0.05) is 25.1 Å². The number of aryl methyl sites for hydroxylation is 1. The topological polar surface area (TPSA) is 119 Å². The molecule has 3 N–H and O–H groups in total.